The van der Waals surface area contributed by atoms with E-state index >= 15 is 0 Å². The molecule has 170 valence electrons. The number of nitrogens with zero attached hydrogens (tertiary/aromatic N) is 2. The van der Waals surface area contributed by atoms with E-state index in [0.29, 0.717) is 29.3 Å². The fourth-order valence-corrected chi connectivity index (χ4v) is 3.15. The number of carbonyl (C=O) groups is 2. The molecule has 2 amide bonds. The molecule has 8 heteroatoms. The number of carbonyl (C=O) groups excluding carboxylic acids is 2. The first-order valence-corrected chi connectivity index (χ1v) is 10.6. The monoisotopic (exact) mass is 453 g/mol. The fraction of sp³-hybridized carbons (Fsp3) is 0.0769. The van der Waals surface area contributed by atoms with E-state index in [1.807, 2.05) is 42.5 Å². The Morgan fingerprint density at radius 1 is 0.882 bits per heavy atom. The number of ether oxygens (including phenoxy) is 1. The van der Waals surface area contributed by atoms with Gasteiger partial charge >= 0.3 is 6.09 Å². The lowest BCUT2D eigenvalue weighted by molar-refractivity contribution is 0.102. The van der Waals surface area contributed by atoms with E-state index < -0.39 is 6.09 Å². The third kappa shape index (κ3) is 5.95. The minimum Gasteiger partial charge on any atom is -0.445 e. The highest BCUT2D eigenvalue weighted by Crippen LogP contribution is 2.23. The highest BCUT2D eigenvalue weighted by atomic mass is 16.5. The van der Waals surface area contributed by atoms with Crippen molar-refractivity contribution in [2.24, 2.45) is 0 Å². The van der Waals surface area contributed by atoms with E-state index in [1.165, 1.54) is 0 Å². The van der Waals surface area contributed by atoms with Crippen molar-refractivity contribution in [1.29, 1.82) is 0 Å². The van der Waals surface area contributed by atoms with Crippen molar-refractivity contribution in [3.63, 3.8) is 0 Å². The molecule has 0 atom stereocenters. The lowest BCUT2D eigenvalue weighted by Crippen LogP contribution is -2.23. The third-order valence-corrected chi connectivity index (χ3v) is 4.97. The summed E-state index contributed by atoms with van der Waals surface area (Å²) in [6.45, 7) is 0.406. The van der Waals surface area contributed by atoms with Gasteiger partial charge in [0.1, 0.15) is 6.61 Å². The Hall–Kier alpha value is -4.72. The van der Waals surface area contributed by atoms with Gasteiger partial charge in [0.05, 0.1) is 11.4 Å². The van der Waals surface area contributed by atoms with Crippen LogP contribution in [-0.4, -0.2) is 22.0 Å². The summed E-state index contributed by atoms with van der Waals surface area (Å²) >= 11 is 0. The maximum Gasteiger partial charge on any atom is 0.407 e. The van der Waals surface area contributed by atoms with Crippen molar-refractivity contribution in [3.8, 4) is 11.3 Å². The van der Waals surface area contributed by atoms with Crippen LogP contribution >= 0.6 is 0 Å². The zero-order valence-corrected chi connectivity index (χ0v) is 18.3. The van der Waals surface area contributed by atoms with Crippen molar-refractivity contribution >= 4 is 23.5 Å². The normalized spacial score (nSPS) is 10.4. The summed E-state index contributed by atoms with van der Waals surface area (Å²) in [4.78, 5) is 33.1. The number of alkyl carbamates (subject to hydrolysis) is 1. The number of amides is 2. The Morgan fingerprint density at radius 3 is 2.41 bits per heavy atom. The summed E-state index contributed by atoms with van der Waals surface area (Å²) in [5, 5.41) is 5.43. The maximum absolute atomic E-state index is 12.7. The van der Waals surface area contributed by atoms with E-state index in [9.17, 15) is 9.59 Å². The molecule has 0 fully saturated rings. The van der Waals surface area contributed by atoms with E-state index in [4.69, 9.17) is 10.5 Å². The molecule has 0 aliphatic carbocycles. The van der Waals surface area contributed by atoms with Crippen LogP contribution in [0.5, 0.6) is 0 Å². The van der Waals surface area contributed by atoms with Crippen molar-refractivity contribution in [1.82, 2.24) is 15.3 Å². The molecule has 8 nitrogen and oxygen atoms in total. The molecule has 2 aromatic heterocycles. The number of pyridine rings is 2. The van der Waals surface area contributed by atoms with Crippen LogP contribution in [0.3, 0.4) is 0 Å². The summed E-state index contributed by atoms with van der Waals surface area (Å²) in [5.41, 5.74) is 10.1. The second-order valence-corrected chi connectivity index (χ2v) is 7.44. The van der Waals surface area contributed by atoms with Crippen LogP contribution in [0, 0.1) is 0 Å². The number of nitrogens with one attached hydrogen (secondary N) is 2. The number of hydrogen-bond acceptors (Lipinski definition) is 6. The van der Waals surface area contributed by atoms with E-state index in [0.717, 1.165) is 16.7 Å². The molecule has 0 aliphatic heterocycles. The van der Waals surface area contributed by atoms with Crippen LogP contribution in [0.4, 0.5) is 16.3 Å². The van der Waals surface area contributed by atoms with Gasteiger partial charge in [0.15, 0.2) is 5.82 Å². The van der Waals surface area contributed by atoms with Gasteiger partial charge in [-0.25, -0.2) is 9.78 Å². The molecule has 0 saturated carbocycles. The predicted molar refractivity (Wildman–Crippen MR) is 130 cm³/mol. The number of hydrogen-bond donors (Lipinski definition) is 3. The molecule has 0 aliphatic rings. The summed E-state index contributed by atoms with van der Waals surface area (Å²) < 4.78 is 5.22. The predicted octanol–water partition coefficient (Wildman–Crippen LogP) is 4.40. The van der Waals surface area contributed by atoms with Gasteiger partial charge in [0, 0.05) is 30.1 Å². The van der Waals surface area contributed by atoms with Crippen molar-refractivity contribution in [3.05, 3.63) is 108 Å². The Kier molecular flexibility index (Phi) is 7.09. The van der Waals surface area contributed by atoms with Crippen LogP contribution < -0.4 is 16.4 Å². The van der Waals surface area contributed by atoms with Crippen molar-refractivity contribution < 1.29 is 14.3 Å². The van der Waals surface area contributed by atoms with Gasteiger partial charge in [0.2, 0.25) is 0 Å². The molecule has 34 heavy (non-hydrogen) atoms. The quantitative estimate of drug-likeness (QED) is 0.381. The Morgan fingerprint density at radius 2 is 1.68 bits per heavy atom. The fourth-order valence-electron chi connectivity index (χ4n) is 3.15. The molecule has 2 aromatic carbocycles. The van der Waals surface area contributed by atoms with Crippen LogP contribution in [-0.2, 0) is 17.9 Å². The van der Waals surface area contributed by atoms with Gasteiger partial charge in [-0.3, -0.25) is 9.78 Å². The molecule has 0 saturated heterocycles. The highest BCUT2D eigenvalue weighted by molar-refractivity contribution is 6.05. The molecular weight excluding hydrogens is 430 g/mol. The Labute approximate surface area is 196 Å². The molecule has 4 N–H and O–H groups in total. The molecule has 0 bridgehead atoms. The largest absolute Gasteiger partial charge is 0.445 e. The zero-order chi connectivity index (χ0) is 23.8. The highest BCUT2D eigenvalue weighted by Gasteiger charge is 2.11. The lowest BCUT2D eigenvalue weighted by atomic mass is 10.1. The standard InChI is InChI=1S/C26H23N5O3/c27-22-12-13-23(20-6-2-1-3-7-20)30-24(22)31-25(32)21-10-8-18(9-11-21)17-34-26(33)29-16-19-5-4-14-28-15-19/h1-15H,16-17,27H2,(H,29,33)(H,30,31,32). The average molecular weight is 454 g/mol. The first-order valence-electron chi connectivity index (χ1n) is 10.6. The van der Waals surface area contributed by atoms with E-state index in [-0.39, 0.29) is 12.5 Å². The molecule has 0 radical (unpaired) electrons. The van der Waals surface area contributed by atoms with Crippen molar-refractivity contribution in [2.75, 3.05) is 11.1 Å². The molecule has 2 heterocycles. The summed E-state index contributed by atoms with van der Waals surface area (Å²) in [7, 11) is 0. The topological polar surface area (TPSA) is 119 Å². The van der Waals surface area contributed by atoms with E-state index in [1.54, 1.807) is 48.8 Å². The zero-order valence-electron chi connectivity index (χ0n) is 18.3. The second-order valence-electron chi connectivity index (χ2n) is 7.44. The first-order chi connectivity index (χ1) is 16.6. The van der Waals surface area contributed by atoms with Gasteiger partial charge in [-0.1, -0.05) is 48.5 Å². The molecule has 4 rings (SSSR count). The molecular formula is C26H23N5O3. The second kappa shape index (κ2) is 10.7. The van der Waals surface area contributed by atoms with Gasteiger partial charge in [0.25, 0.3) is 5.91 Å². The van der Waals surface area contributed by atoms with Gasteiger partial charge in [-0.05, 0) is 41.5 Å². The van der Waals surface area contributed by atoms with Gasteiger partial charge < -0.3 is 21.1 Å². The van der Waals surface area contributed by atoms with Crippen LogP contribution in [0.25, 0.3) is 11.3 Å². The minimum absolute atomic E-state index is 0.0778. The smallest absolute Gasteiger partial charge is 0.407 e. The number of rotatable bonds is 7. The van der Waals surface area contributed by atoms with E-state index in [2.05, 4.69) is 20.6 Å². The van der Waals surface area contributed by atoms with Gasteiger partial charge in [-0.2, -0.15) is 0 Å². The third-order valence-electron chi connectivity index (χ3n) is 4.97. The maximum atomic E-state index is 12.7. The number of benzene rings is 2. The summed E-state index contributed by atoms with van der Waals surface area (Å²) in [5.74, 6) is -0.0462. The van der Waals surface area contributed by atoms with Crippen LogP contribution in [0.15, 0.2) is 91.3 Å². The molecule has 4 aromatic rings. The van der Waals surface area contributed by atoms with Gasteiger partial charge in [-0.15, -0.1) is 0 Å². The van der Waals surface area contributed by atoms with Crippen molar-refractivity contribution in [2.45, 2.75) is 13.2 Å². The average Bonchev–Trinajstić information content (AvgIpc) is 2.89. The first kappa shape index (κ1) is 22.5. The lowest BCUT2D eigenvalue weighted by Gasteiger charge is -2.10. The Bertz CT molecular complexity index is 1260. The number of anilines is 2. The van der Waals surface area contributed by atoms with Crippen LogP contribution in [0.2, 0.25) is 0 Å². The molecule has 0 unspecified atom stereocenters. The Balaban J connectivity index is 1.32. The molecule has 0 spiro atoms. The number of nitrogen functional groups attached to an aromatic ring is 1. The SMILES string of the molecule is Nc1ccc(-c2ccccc2)nc1NC(=O)c1ccc(COC(=O)NCc2cccnc2)cc1. The summed E-state index contributed by atoms with van der Waals surface area (Å²) in [6, 6.07) is 23.6. The summed E-state index contributed by atoms with van der Waals surface area (Å²) in [6.07, 6.45) is 2.80. The van der Waals surface area contributed by atoms with Crippen LogP contribution in [0.1, 0.15) is 21.5 Å². The number of nitrogens with two attached hydrogens (primary N) is 1. The minimum atomic E-state index is -0.537. The number of aromatic nitrogens is 2.